The molecule has 28 heavy (non-hydrogen) atoms. The topological polar surface area (TPSA) is 72.6 Å². The lowest BCUT2D eigenvalue weighted by Gasteiger charge is -2.29. The van der Waals surface area contributed by atoms with Crippen molar-refractivity contribution in [3.8, 4) is 5.75 Å². The minimum Gasteiger partial charge on any atom is -0.491 e. The number of benzene rings is 3. The molecule has 5 nitrogen and oxygen atoms in total. The van der Waals surface area contributed by atoms with E-state index in [4.69, 9.17) is 10.5 Å². The van der Waals surface area contributed by atoms with Crippen molar-refractivity contribution in [2.75, 3.05) is 6.61 Å². The van der Waals surface area contributed by atoms with Crippen LogP contribution in [0.5, 0.6) is 5.75 Å². The number of ether oxygens (including phenoxy) is 1. The highest BCUT2D eigenvalue weighted by molar-refractivity contribution is 5.96. The van der Waals surface area contributed by atoms with Crippen LogP contribution in [-0.2, 0) is 6.54 Å². The second-order valence-corrected chi connectivity index (χ2v) is 6.69. The van der Waals surface area contributed by atoms with Gasteiger partial charge in [-0.1, -0.05) is 54.6 Å². The van der Waals surface area contributed by atoms with Crippen LogP contribution < -0.4 is 10.5 Å². The van der Waals surface area contributed by atoms with Crippen molar-refractivity contribution in [3.05, 3.63) is 101 Å². The van der Waals surface area contributed by atoms with Crippen LogP contribution in [-0.4, -0.2) is 23.3 Å². The summed E-state index contributed by atoms with van der Waals surface area (Å²) in [6.45, 7) is 0.631. The van der Waals surface area contributed by atoms with E-state index in [9.17, 15) is 9.59 Å². The molecule has 0 saturated carbocycles. The third kappa shape index (κ3) is 3.34. The predicted octanol–water partition coefficient (Wildman–Crippen LogP) is 3.56. The van der Waals surface area contributed by atoms with E-state index >= 15 is 0 Å². The van der Waals surface area contributed by atoms with Gasteiger partial charge in [0.2, 0.25) is 5.91 Å². The largest absolute Gasteiger partial charge is 0.491 e. The lowest BCUT2D eigenvalue weighted by Crippen LogP contribution is -2.36. The summed E-state index contributed by atoms with van der Waals surface area (Å²) in [6.07, 6.45) is 0. The van der Waals surface area contributed by atoms with Crippen molar-refractivity contribution in [3.63, 3.8) is 0 Å². The molecule has 0 aromatic heterocycles. The Kier molecular flexibility index (Phi) is 4.81. The van der Waals surface area contributed by atoms with Gasteiger partial charge in [-0.3, -0.25) is 9.59 Å². The van der Waals surface area contributed by atoms with E-state index in [-0.39, 0.29) is 18.5 Å². The number of nitrogens with two attached hydrogens (primary N) is 1. The first-order chi connectivity index (χ1) is 13.6. The summed E-state index contributed by atoms with van der Waals surface area (Å²) in [5, 5.41) is 0. The number of carbonyl (C=O) groups excluding carboxylic acids is 2. The van der Waals surface area contributed by atoms with Gasteiger partial charge in [-0.2, -0.15) is 0 Å². The molecule has 1 heterocycles. The van der Waals surface area contributed by atoms with Gasteiger partial charge >= 0.3 is 0 Å². The molecule has 1 aliphatic rings. The van der Waals surface area contributed by atoms with E-state index in [0.717, 1.165) is 11.3 Å². The molecule has 0 spiro atoms. The van der Waals surface area contributed by atoms with Crippen molar-refractivity contribution in [1.29, 1.82) is 0 Å². The molecule has 0 radical (unpaired) electrons. The van der Waals surface area contributed by atoms with Gasteiger partial charge in [0, 0.05) is 23.2 Å². The zero-order valence-electron chi connectivity index (χ0n) is 15.2. The molecule has 2 N–H and O–H groups in total. The Bertz CT molecular complexity index is 1020. The molecular weight excluding hydrogens is 352 g/mol. The summed E-state index contributed by atoms with van der Waals surface area (Å²) in [7, 11) is 0. The van der Waals surface area contributed by atoms with Gasteiger partial charge in [-0.15, -0.1) is 0 Å². The maximum absolute atomic E-state index is 13.4. The fourth-order valence-corrected chi connectivity index (χ4v) is 3.56. The van der Waals surface area contributed by atoms with Crippen LogP contribution in [0.4, 0.5) is 0 Å². The Morgan fingerprint density at radius 2 is 1.61 bits per heavy atom. The van der Waals surface area contributed by atoms with Crippen LogP contribution in [0.2, 0.25) is 0 Å². The summed E-state index contributed by atoms with van der Waals surface area (Å²) in [5.74, 6) is 0.150. The average Bonchev–Trinajstić information content (AvgIpc) is 3.16. The fraction of sp³-hybridized carbons (Fsp3) is 0.130. The van der Waals surface area contributed by atoms with E-state index in [1.165, 1.54) is 0 Å². The first kappa shape index (κ1) is 17.8. The van der Waals surface area contributed by atoms with Gasteiger partial charge in [0.15, 0.2) is 0 Å². The lowest BCUT2D eigenvalue weighted by atomic mass is 10.0. The minimum atomic E-state index is -0.509. The van der Waals surface area contributed by atoms with Gasteiger partial charge in [0.05, 0.1) is 6.04 Å². The summed E-state index contributed by atoms with van der Waals surface area (Å²) >= 11 is 0. The van der Waals surface area contributed by atoms with Crippen LogP contribution >= 0.6 is 0 Å². The van der Waals surface area contributed by atoms with Gasteiger partial charge in [-0.25, -0.2) is 0 Å². The van der Waals surface area contributed by atoms with Crippen LogP contribution in [0.15, 0.2) is 78.9 Å². The minimum absolute atomic E-state index is 0.120. The number of amides is 2. The molecule has 5 heteroatoms. The molecule has 1 atom stereocenters. The third-order valence-corrected chi connectivity index (χ3v) is 4.96. The normalized spacial score (nSPS) is 14.8. The van der Waals surface area contributed by atoms with Crippen molar-refractivity contribution >= 4 is 11.8 Å². The number of carbonyl (C=O) groups is 2. The monoisotopic (exact) mass is 372 g/mol. The Hall–Kier alpha value is -3.60. The molecule has 0 saturated heterocycles. The molecular formula is C23H20N2O3. The summed E-state index contributed by atoms with van der Waals surface area (Å²) in [6, 6.07) is 23.7. The average molecular weight is 372 g/mol. The second-order valence-electron chi connectivity index (χ2n) is 6.69. The van der Waals surface area contributed by atoms with Crippen molar-refractivity contribution in [1.82, 2.24) is 4.90 Å². The fourth-order valence-electron chi connectivity index (χ4n) is 3.56. The molecule has 0 aliphatic carbocycles. The first-order valence-corrected chi connectivity index (χ1v) is 9.10. The molecule has 140 valence electrons. The molecule has 0 bridgehead atoms. The number of fused-ring (bicyclic) bond motifs is 1. The maximum Gasteiger partial charge on any atom is 0.254 e. The Morgan fingerprint density at radius 3 is 2.39 bits per heavy atom. The highest BCUT2D eigenvalue weighted by atomic mass is 16.5. The summed E-state index contributed by atoms with van der Waals surface area (Å²) in [4.78, 5) is 27.0. The quantitative estimate of drug-likeness (QED) is 0.744. The van der Waals surface area contributed by atoms with Gasteiger partial charge < -0.3 is 15.4 Å². The SMILES string of the molecule is NC(=O)c1ccccc1CN(C(=O)c1ccccc1)C1COc2ccccc21. The van der Waals surface area contributed by atoms with E-state index in [2.05, 4.69) is 0 Å². The summed E-state index contributed by atoms with van der Waals surface area (Å²) in [5.41, 5.74) is 8.22. The Balaban J connectivity index is 1.75. The van der Waals surface area contributed by atoms with Crippen LogP contribution in [0.25, 0.3) is 0 Å². The van der Waals surface area contributed by atoms with Crippen LogP contribution in [0.1, 0.15) is 37.9 Å². The zero-order valence-corrected chi connectivity index (χ0v) is 15.2. The first-order valence-electron chi connectivity index (χ1n) is 9.10. The Morgan fingerprint density at radius 1 is 0.929 bits per heavy atom. The summed E-state index contributed by atoms with van der Waals surface area (Å²) < 4.78 is 5.81. The third-order valence-electron chi connectivity index (χ3n) is 4.96. The molecule has 4 rings (SSSR count). The second kappa shape index (κ2) is 7.56. The van der Waals surface area contributed by atoms with Crippen molar-refractivity contribution < 1.29 is 14.3 Å². The molecule has 2 amide bonds. The van der Waals surface area contributed by atoms with Crippen LogP contribution in [0.3, 0.4) is 0 Å². The van der Waals surface area contributed by atoms with Crippen molar-refractivity contribution in [2.24, 2.45) is 5.73 Å². The van der Waals surface area contributed by atoms with Crippen LogP contribution in [0, 0.1) is 0 Å². The van der Waals surface area contributed by atoms with Gasteiger partial charge in [0.25, 0.3) is 5.91 Å². The maximum atomic E-state index is 13.4. The molecule has 3 aromatic rings. The Labute approximate surface area is 163 Å². The predicted molar refractivity (Wildman–Crippen MR) is 106 cm³/mol. The highest BCUT2D eigenvalue weighted by Crippen LogP contribution is 2.37. The number of nitrogens with zero attached hydrogens (tertiary/aromatic N) is 1. The van der Waals surface area contributed by atoms with Gasteiger partial charge in [-0.05, 0) is 29.8 Å². The van der Waals surface area contributed by atoms with E-state index in [0.29, 0.717) is 23.3 Å². The number of primary amides is 1. The smallest absolute Gasteiger partial charge is 0.254 e. The molecule has 0 fully saturated rings. The number of hydrogen-bond acceptors (Lipinski definition) is 3. The molecule has 1 aliphatic heterocycles. The number of hydrogen-bond donors (Lipinski definition) is 1. The zero-order chi connectivity index (χ0) is 19.5. The van der Waals surface area contributed by atoms with E-state index < -0.39 is 5.91 Å². The standard InChI is InChI=1S/C23H20N2O3/c24-22(26)18-11-5-4-10-17(18)14-25(23(27)16-8-2-1-3-9-16)20-15-28-21-13-7-6-12-19(20)21/h1-13,20H,14-15H2,(H2,24,26). The molecule has 1 unspecified atom stereocenters. The van der Waals surface area contributed by atoms with Gasteiger partial charge in [0.1, 0.15) is 12.4 Å². The van der Waals surface area contributed by atoms with E-state index in [1.54, 1.807) is 29.2 Å². The molecule has 3 aromatic carbocycles. The van der Waals surface area contributed by atoms with E-state index in [1.807, 2.05) is 54.6 Å². The number of rotatable bonds is 5. The highest BCUT2D eigenvalue weighted by Gasteiger charge is 2.33. The number of para-hydroxylation sites is 1. The van der Waals surface area contributed by atoms with Crippen molar-refractivity contribution in [2.45, 2.75) is 12.6 Å². The lowest BCUT2D eigenvalue weighted by molar-refractivity contribution is 0.0628.